The highest BCUT2D eigenvalue weighted by Gasteiger charge is 2.35. The molecule has 3 aromatic rings. The molecule has 0 radical (unpaired) electrons. The van der Waals surface area contributed by atoms with Crippen molar-refractivity contribution in [2.24, 2.45) is 0 Å². The van der Waals surface area contributed by atoms with Gasteiger partial charge in [0.2, 0.25) is 5.91 Å². The van der Waals surface area contributed by atoms with Gasteiger partial charge in [-0.3, -0.25) is 4.79 Å². The first kappa shape index (κ1) is 15.8. The molecule has 0 saturated carbocycles. The summed E-state index contributed by atoms with van der Waals surface area (Å²) in [4.78, 5) is 18.1. The van der Waals surface area contributed by atoms with Crippen molar-refractivity contribution in [3.63, 3.8) is 0 Å². The molecule has 0 aliphatic carbocycles. The molecule has 7 heteroatoms. The average Bonchev–Trinajstić information content (AvgIpc) is 3.25. The smallest absolute Gasteiger partial charge is 0.257 e. The van der Waals surface area contributed by atoms with Crippen molar-refractivity contribution < 1.29 is 13.7 Å². The van der Waals surface area contributed by atoms with E-state index in [1.54, 1.807) is 0 Å². The van der Waals surface area contributed by atoms with Crippen molar-refractivity contribution in [2.45, 2.75) is 12.3 Å². The minimum atomic E-state index is -0.489. The summed E-state index contributed by atoms with van der Waals surface area (Å²) in [6, 6.07) is 13.5. The molecule has 0 N–H and O–H groups in total. The number of hydrogen-bond donors (Lipinski definition) is 0. The molecule has 1 atom stereocenters. The minimum absolute atomic E-state index is 0.173. The van der Waals surface area contributed by atoms with Crippen molar-refractivity contribution >= 4 is 23.2 Å². The van der Waals surface area contributed by atoms with Gasteiger partial charge in [-0.2, -0.15) is 4.98 Å². The van der Waals surface area contributed by atoms with Crippen molar-refractivity contribution in [3.05, 3.63) is 65.2 Å². The number of amides is 1. The van der Waals surface area contributed by atoms with Crippen molar-refractivity contribution in [1.82, 2.24) is 10.1 Å². The van der Waals surface area contributed by atoms with E-state index in [0.717, 1.165) is 5.56 Å². The predicted molar refractivity (Wildman–Crippen MR) is 90.9 cm³/mol. The Labute approximate surface area is 148 Å². The van der Waals surface area contributed by atoms with Crippen molar-refractivity contribution in [2.75, 3.05) is 11.4 Å². The Balaban J connectivity index is 1.59. The fourth-order valence-electron chi connectivity index (χ4n) is 2.90. The Morgan fingerprint density at radius 2 is 2.00 bits per heavy atom. The van der Waals surface area contributed by atoms with Gasteiger partial charge >= 0.3 is 0 Å². The SMILES string of the molecule is O=C1CC(c2noc(-c3ccccc3)n2)CN1c1cc(Cl)ccc1F. The third-order valence-corrected chi connectivity index (χ3v) is 4.39. The van der Waals surface area contributed by atoms with Crippen LogP contribution in [0.4, 0.5) is 10.1 Å². The second-order valence-electron chi connectivity index (χ2n) is 5.82. The number of nitrogens with zero attached hydrogens (tertiary/aromatic N) is 3. The van der Waals surface area contributed by atoms with E-state index in [1.807, 2.05) is 30.3 Å². The van der Waals surface area contributed by atoms with E-state index in [1.165, 1.54) is 23.1 Å². The van der Waals surface area contributed by atoms with Crippen LogP contribution in [-0.2, 0) is 4.79 Å². The van der Waals surface area contributed by atoms with E-state index in [4.69, 9.17) is 16.1 Å². The largest absolute Gasteiger partial charge is 0.334 e. The molecule has 2 heterocycles. The topological polar surface area (TPSA) is 59.2 Å². The Morgan fingerprint density at radius 1 is 1.20 bits per heavy atom. The maximum Gasteiger partial charge on any atom is 0.257 e. The second kappa shape index (κ2) is 6.29. The minimum Gasteiger partial charge on any atom is -0.334 e. The van der Waals surface area contributed by atoms with E-state index in [2.05, 4.69) is 10.1 Å². The summed E-state index contributed by atoms with van der Waals surface area (Å²) in [6.07, 6.45) is 0.194. The van der Waals surface area contributed by atoms with Crippen molar-refractivity contribution in [3.8, 4) is 11.5 Å². The number of aromatic nitrogens is 2. The Morgan fingerprint density at radius 3 is 2.80 bits per heavy atom. The van der Waals surface area contributed by atoms with Crippen LogP contribution in [0.3, 0.4) is 0 Å². The van der Waals surface area contributed by atoms with Gasteiger partial charge in [-0.1, -0.05) is 35.0 Å². The van der Waals surface area contributed by atoms with Crippen LogP contribution >= 0.6 is 11.6 Å². The van der Waals surface area contributed by atoms with Crippen LogP contribution in [0.2, 0.25) is 5.02 Å². The van der Waals surface area contributed by atoms with E-state index < -0.39 is 5.82 Å². The van der Waals surface area contributed by atoms with Crippen LogP contribution in [-0.4, -0.2) is 22.6 Å². The predicted octanol–water partition coefficient (Wildman–Crippen LogP) is 4.05. The van der Waals surface area contributed by atoms with Gasteiger partial charge in [0.15, 0.2) is 5.82 Å². The van der Waals surface area contributed by atoms with Gasteiger partial charge in [0.05, 0.1) is 5.69 Å². The maximum atomic E-state index is 14.0. The van der Waals surface area contributed by atoms with Gasteiger partial charge < -0.3 is 9.42 Å². The second-order valence-corrected chi connectivity index (χ2v) is 6.26. The number of hydrogen-bond acceptors (Lipinski definition) is 4. The van der Waals surface area contributed by atoms with Crippen LogP contribution in [0.25, 0.3) is 11.5 Å². The fraction of sp³-hybridized carbons (Fsp3) is 0.167. The number of benzene rings is 2. The molecule has 1 amide bonds. The average molecular weight is 358 g/mol. The molecule has 1 aliphatic rings. The zero-order valence-electron chi connectivity index (χ0n) is 13.0. The maximum absolute atomic E-state index is 14.0. The van der Waals surface area contributed by atoms with Crippen LogP contribution in [0.15, 0.2) is 53.1 Å². The number of anilines is 1. The molecular formula is C18H13ClFN3O2. The first-order valence-corrected chi connectivity index (χ1v) is 8.14. The highest BCUT2D eigenvalue weighted by atomic mass is 35.5. The van der Waals surface area contributed by atoms with E-state index in [9.17, 15) is 9.18 Å². The number of rotatable bonds is 3. The van der Waals surface area contributed by atoms with Gasteiger partial charge in [0.25, 0.3) is 5.89 Å². The first-order chi connectivity index (χ1) is 12.1. The van der Waals surface area contributed by atoms with Gasteiger partial charge in [-0.15, -0.1) is 0 Å². The normalized spacial score (nSPS) is 17.3. The summed E-state index contributed by atoms with van der Waals surface area (Å²) < 4.78 is 19.3. The van der Waals surface area contributed by atoms with E-state index in [-0.39, 0.29) is 30.5 Å². The Bertz CT molecular complexity index is 929. The van der Waals surface area contributed by atoms with E-state index >= 15 is 0 Å². The lowest BCUT2D eigenvalue weighted by molar-refractivity contribution is -0.117. The summed E-state index contributed by atoms with van der Waals surface area (Å²) in [5, 5.41) is 4.37. The Hall–Kier alpha value is -2.73. The van der Waals surface area contributed by atoms with Gasteiger partial charge in [-0.05, 0) is 30.3 Å². The molecule has 1 aromatic heterocycles. The molecule has 0 spiro atoms. The van der Waals surface area contributed by atoms with Crippen LogP contribution in [0, 0.1) is 5.82 Å². The Kier molecular flexibility index (Phi) is 3.97. The number of halogens is 2. The number of carbonyl (C=O) groups is 1. The number of carbonyl (C=O) groups excluding carboxylic acids is 1. The quantitative estimate of drug-likeness (QED) is 0.709. The third-order valence-electron chi connectivity index (χ3n) is 4.15. The molecule has 1 unspecified atom stereocenters. The highest BCUT2D eigenvalue weighted by Crippen LogP contribution is 2.33. The molecule has 126 valence electrons. The lowest BCUT2D eigenvalue weighted by Gasteiger charge is -2.17. The summed E-state index contributed by atoms with van der Waals surface area (Å²) in [7, 11) is 0. The fourth-order valence-corrected chi connectivity index (χ4v) is 3.07. The molecule has 1 aliphatic heterocycles. The van der Waals surface area contributed by atoms with Crippen LogP contribution in [0.5, 0.6) is 0 Å². The van der Waals surface area contributed by atoms with Gasteiger partial charge in [-0.25, -0.2) is 4.39 Å². The standard InChI is InChI=1S/C18H13ClFN3O2/c19-13-6-7-14(20)15(9-13)23-10-12(8-16(23)24)17-21-18(25-22-17)11-4-2-1-3-5-11/h1-7,9,12H,8,10H2. The molecule has 5 nitrogen and oxygen atoms in total. The molecule has 2 aromatic carbocycles. The molecule has 1 saturated heterocycles. The molecule has 1 fully saturated rings. The lowest BCUT2D eigenvalue weighted by Crippen LogP contribution is -2.25. The van der Waals surface area contributed by atoms with Crippen molar-refractivity contribution in [1.29, 1.82) is 0 Å². The first-order valence-electron chi connectivity index (χ1n) is 7.76. The molecular weight excluding hydrogens is 345 g/mol. The molecule has 25 heavy (non-hydrogen) atoms. The zero-order chi connectivity index (χ0) is 17.4. The monoisotopic (exact) mass is 357 g/mol. The van der Waals surface area contributed by atoms with Crippen LogP contribution in [0.1, 0.15) is 18.2 Å². The highest BCUT2D eigenvalue weighted by molar-refractivity contribution is 6.31. The summed E-state index contributed by atoms with van der Waals surface area (Å²) in [6.45, 7) is 0.282. The summed E-state index contributed by atoms with van der Waals surface area (Å²) in [5.74, 6) is -0.103. The van der Waals surface area contributed by atoms with E-state index in [0.29, 0.717) is 16.7 Å². The van der Waals surface area contributed by atoms with Gasteiger partial charge in [0.1, 0.15) is 5.82 Å². The molecule has 4 rings (SSSR count). The zero-order valence-corrected chi connectivity index (χ0v) is 13.8. The summed E-state index contributed by atoms with van der Waals surface area (Å²) >= 11 is 5.92. The van der Waals surface area contributed by atoms with Crippen LogP contribution < -0.4 is 4.90 Å². The summed E-state index contributed by atoms with van der Waals surface area (Å²) in [5.41, 5.74) is 0.982. The van der Waals surface area contributed by atoms with Gasteiger partial charge in [0, 0.05) is 29.5 Å². The lowest BCUT2D eigenvalue weighted by atomic mass is 10.1. The molecule has 0 bridgehead atoms. The third kappa shape index (κ3) is 3.00.